The molecule has 0 unspecified atom stereocenters. The van der Waals surface area contributed by atoms with Crippen molar-refractivity contribution in [2.75, 3.05) is 12.0 Å². The number of thioether (sulfide) groups is 1. The Morgan fingerprint density at radius 1 is 1.22 bits per heavy atom. The number of hydrogen-bond acceptors (Lipinski definition) is 3. The van der Waals surface area contributed by atoms with Crippen LogP contribution in [0.1, 0.15) is 40.1 Å². The molecule has 2 rings (SSSR count). The van der Waals surface area contributed by atoms with Gasteiger partial charge in [-0.3, -0.25) is 14.5 Å². The Hall–Kier alpha value is -1.29. The second-order valence-corrected chi connectivity index (χ2v) is 6.05. The summed E-state index contributed by atoms with van der Waals surface area (Å²) < 4.78 is 0. The molecule has 0 saturated carbocycles. The van der Waals surface area contributed by atoms with Crippen molar-refractivity contribution < 1.29 is 9.59 Å². The number of rotatable bonds is 3. The molecule has 0 atom stereocenters. The Bertz CT molecular complexity index is 523. The first-order chi connectivity index (χ1) is 8.40. The number of nitrogens with zero attached hydrogens (tertiary/aromatic N) is 1. The van der Waals surface area contributed by atoms with Crippen LogP contribution < -0.4 is 0 Å². The van der Waals surface area contributed by atoms with Gasteiger partial charge in [-0.25, -0.2) is 0 Å². The maximum atomic E-state index is 12.4. The summed E-state index contributed by atoms with van der Waals surface area (Å²) in [7, 11) is 0. The van der Waals surface area contributed by atoms with E-state index in [-0.39, 0.29) is 11.8 Å². The van der Waals surface area contributed by atoms with Crippen molar-refractivity contribution in [1.82, 2.24) is 4.90 Å². The zero-order chi connectivity index (χ0) is 13.5. The standard InChI is InChI=1S/C14H17NO2S/c1-9-6-5-7-10-11(9)13(17)15(12(10)16)14(2,3)8-18-4/h5-7H,8H2,1-4H3. The fourth-order valence-corrected chi connectivity index (χ4v) is 3.26. The van der Waals surface area contributed by atoms with E-state index < -0.39 is 5.54 Å². The van der Waals surface area contributed by atoms with Crippen molar-refractivity contribution in [2.24, 2.45) is 0 Å². The number of carbonyl (C=O) groups is 2. The van der Waals surface area contributed by atoms with Crippen LogP contribution in [0, 0.1) is 6.92 Å². The number of aryl methyl sites for hydroxylation is 1. The molecule has 0 bridgehead atoms. The van der Waals surface area contributed by atoms with Gasteiger partial charge in [-0.05, 0) is 38.7 Å². The van der Waals surface area contributed by atoms with Crippen LogP contribution in [0.5, 0.6) is 0 Å². The summed E-state index contributed by atoms with van der Waals surface area (Å²) in [6.45, 7) is 5.73. The number of fused-ring (bicyclic) bond motifs is 1. The smallest absolute Gasteiger partial charge is 0.262 e. The second-order valence-electron chi connectivity index (χ2n) is 5.19. The topological polar surface area (TPSA) is 37.4 Å². The predicted molar refractivity (Wildman–Crippen MR) is 74.1 cm³/mol. The first-order valence-electron chi connectivity index (χ1n) is 5.87. The molecule has 0 radical (unpaired) electrons. The Morgan fingerprint density at radius 2 is 1.89 bits per heavy atom. The number of benzene rings is 1. The molecule has 1 aromatic rings. The molecule has 0 fully saturated rings. The lowest BCUT2D eigenvalue weighted by Crippen LogP contribution is -2.49. The van der Waals surface area contributed by atoms with Gasteiger partial charge in [0, 0.05) is 5.75 Å². The maximum absolute atomic E-state index is 12.4. The van der Waals surface area contributed by atoms with Crippen molar-refractivity contribution in [1.29, 1.82) is 0 Å². The first kappa shape index (κ1) is 13.1. The van der Waals surface area contributed by atoms with Gasteiger partial charge < -0.3 is 0 Å². The highest BCUT2D eigenvalue weighted by atomic mass is 32.2. The largest absolute Gasteiger partial charge is 0.269 e. The number of amides is 2. The molecular weight excluding hydrogens is 246 g/mol. The Kier molecular flexibility index (Phi) is 3.23. The molecule has 0 spiro atoms. The fraction of sp³-hybridized carbons (Fsp3) is 0.429. The number of imide groups is 1. The highest BCUT2D eigenvalue weighted by Crippen LogP contribution is 2.32. The predicted octanol–water partition coefficient (Wildman–Crippen LogP) is 2.73. The van der Waals surface area contributed by atoms with Gasteiger partial charge in [0.2, 0.25) is 0 Å². The molecule has 3 nitrogen and oxygen atoms in total. The highest BCUT2D eigenvalue weighted by Gasteiger charge is 2.44. The monoisotopic (exact) mass is 263 g/mol. The van der Waals surface area contributed by atoms with Crippen molar-refractivity contribution in [3.63, 3.8) is 0 Å². The van der Waals surface area contributed by atoms with E-state index in [0.29, 0.717) is 11.1 Å². The average molecular weight is 263 g/mol. The summed E-state index contributed by atoms with van der Waals surface area (Å²) in [5.74, 6) is 0.405. The third-order valence-electron chi connectivity index (χ3n) is 3.23. The Balaban J connectivity index is 2.50. The minimum absolute atomic E-state index is 0.160. The van der Waals surface area contributed by atoms with E-state index in [1.54, 1.807) is 17.8 Å². The van der Waals surface area contributed by atoms with Crippen LogP contribution in [0.2, 0.25) is 0 Å². The normalized spacial score (nSPS) is 15.2. The second kappa shape index (κ2) is 4.43. The van der Waals surface area contributed by atoms with E-state index in [1.165, 1.54) is 4.90 Å². The lowest BCUT2D eigenvalue weighted by molar-refractivity contribution is 0.0514. The molecule has 1 aliphatic rings. The average Bonchev–Trinajstić information content (AvgIpc) is 2.53. The van der Waals surface area contributed by atoms with Gasteiger partial charge in [0.15, 0.2) is 0 Å². The van der Waals surface area contributed by atoms with Crippen LogP contribution in [0.3, 0.4) is 0 Å². The Morgan fingerprint density at radius 3 is 2.44 bits per heavy atom. The molecule has 4 heteroatoms. The minimum Gasteiger partial charge on any atom is -0.269 e. The zero-order valence-electron chi connectivity index (χ0n) is 11.1. The molecule has 96 valence electrons. The molecule has 2 amide bonds. The van der Waals surface area contributed by atoms with Gasteiger partial charge in [0.05, 0.1) is 16.7 Å². The number of hydrogen-bond donors (Lipinski definition) is 0. The minimum atomic E-state index is -0.459. The fourth-order valence-electron chi connectivity index (χ4n) is 2.42. The summed E-state index contributed by atoms with van der Waals surface area (Å²) in [5, 5.41) is 0. The van der Waals surface area contributed by atoms with Crippen LogP contribution >= 0.6 is 11.8 Å². The highest BCUT2D eigenvalue weighted by molar-refractivity contribution is 7.98. The van der Waals surface area contributed by atoms with E-state index in [1.807, 2.05) is 39.2 Å². The summed E-state index contributed by atoms with van der Waals surface area (Å²) in [6, 6.07) is 5.43. The third-order valence-corrected chi connectivity index (χ3v) is 4.22. The van der Waals surface area contributed by atoms with Gasteiger partial charge in [0.1, 0.15) is 0 Å². The SMILES string of the molecule is CSCC(C)(C)N1C(=O)c2cccc(C)c2C1=O. The van der Waals surface area contributed by atoms with Gasteiger partial charge >= 0.3 is 0 Å². The molecule has 0 saturated heterocycles. The third kappa shape index (κ3) is 1.85. The lowest BCUT2D eigenvalue weighted by atomic mass is 10.0. The summed E-state index contributed by atoms with van der Waals surface area (Å²) >= 11 is 1.64. The van der Waals surface area contributed by atoms with Gasteiger partial charge in [-0.2, -0.15) is 11.8 Å². The molecule has 1 aromatic carbocycles. The molecule has 0 aliphatic carbocycles. The molecule has 1 aliphatic heterocycles. The molecular formula is C14H17NO2S. The van der Waals surface area contributed by atoms with E-state index in [4.69, 9.17) is 0 Å². The van der Waals surface area contributed by atoms with Crippen molar-refractivity contribution >= 4 is 23.6 Å². The summed E-state index contributed by atoms with van der Waals surface area (Å²) in [4.78, 5) is 26.2. The molecule has 0 N–H and O–H groups in total. The van der Waals surface area contributed by atoms with Crippen LogP contribution in [0.15, 0.2) is 18.2 Å². The quantitative estimate of drug-likeness (QED) is 0.787. The van der Waals surface area contributed by atoms with Crippen LogP contribution in [0.25, 0.3) is 0 Å². The summed E-state index contributed by atoms with van der Waals surface area (Å²) in [5.41, 5.74) is 1.51. The molecule has 0 aromatic heterocycles. The van der Waals surface area contributed by atoms with Crippen LogP contribution in [0.4, 0.5) is 0 Å². The first-order valence-corrected chi connectivity index (χ1v) is 7.27. The maximum Gasteiger partial charge on any atom is 0.262 e. The van der Waals surface area contributed by atoms with Gasteiger partial charge in [0.25, 0.3) is 11.8 Å². The zero-order valence-corrected chi connectivity index (χ0v) is 11.9. The van der Waals surface area contributed by atoms with Gasteiger partial charge in [-0.15, -0.1) is 0 Å². The van der Waals surface area contributed by atoms with E-state index in [9.17, 15) is 9.59 Å². The van der Waals surface area contributed by atoms with Crippen molar-refractivity contribution in [2.45, 2.75) is 26.3 Å². The van der Waals surface area contributed by atoms with Crippen LogP contribution in [-0.4, -0.2) is 34.3 Å². The number of carbonyl (C=O) groups excluding carboxylic acids is 2. The molecule has 1 heterocycles. The van der Waals surface area contributed by atoms with E-state index in [2.05, 4.69) is 0 Å². The Labute approximate surface area is 112 Å². The van der Waals surface area contributed by atoms with Crippen molar-refractivity contribution in [3.8, 4) is 0 Å². The lowest BCUT2D eigenvalue weighted by Gasteiger charge is -2.33. The van der Waals surface area contributed by atoms with E-state index >= 15 is 0 Å². The molecule has 18 heavy (non-hydrogen) atoms. The van der Waals surface area contributed by atoms with E-state index in [0.717, 1.165) is 11.3 Å². The van der Waals surface area contributed by atoms with Crippen molar-refractivity contribution in [3.05, 3.63) is 34.9 Å². The van der Waals surface area contributed by atoms with Crippen LogP contribution in [-0.2, 0) is 0 Å². The summed E-state index contributed by atoms with van der Waals surface area (Å²) in [6.07, 6.45) is 1.98. The van der Waals surface area contributed by atoms with Gasteiger partial charge in [-0.1, -0.05) is 12.1 Å².